The van der Waals surface area contributed by atoms with E-state index in [0.29, 0.717) is 17.6 Å². The number of phenols is 1. The Morgan fingerprint density at radius 1 is 0.604 bits per heavy atom. The van der Waals surface area contributed by atoms with Crippen LogP contribution in [0, 0.1) is 11.8 Å². The Labute approximate surface area is 297 Å². The highest BCUT2D eigenvalue weighted by Crippen LogP contribution is 2.41. The average Bonchev–Trinajstić information content (AvgIpc) is 3.02. The molecule has 2 aromatic rings. The molecule has 0 aliphatic heterocycles. The van der Waals surface area contributed by atoms with Crippen LogP contribution in [0.1, 0.15) is 208 Å². The molecule has 2 rings (SSSR count). The van der Waals surface area contributed by atoms with Crippen LogP contribution in [-0.2, 0) is 17.3 Å². The van der Waals surface area contributed by atoms with E-state index in [2.05, 4.69) is 84.7 Å². The van der Waals surface area contributed by atoms with Crippen LogP contribution in [0.3, 0.4) is 0 Å². The number of hydrogen-bond donors (Lipinski definition) is 2. The van der Waals surface area contributed by atoms with Gasteiger partial charge in [-0.05, 0) is 41.2 Å². The molecule has 274 valence electrons. The summed E-state index contributed by atoms with van der Waals surface area (Å²) in [5, 5.41) is 14.7. The van der Waals surface area contributed by atoms with Crippen molar-refractivity contribution in [1.29, 1.82) is 0 Å². The van der Waals surface area contributed by atoms with E-state index < -0.39 is 0 Å². The van der Waals surface area contributed by atoms with Gasteiger partial charge in [-0.25, -0.2) is 9.97 Å². The fourth-order valence-electron chi connectivity index (χ4n) is 7.17. The maximum atomic E-state index is 11.2. The van der Waals surface area contributed by atoms with Crippen molar-refractivity contribution in [2.45, 2.75) is 208 Å². The van der Waals surface area contributed by atoms with Crippen LogP contribution in [0.4, 0.5) is 11.6 Å². The van der Waals surface area contributed by atoms with Crippen LogP contribution in [0.25, 0.3) is 0 Å². The monoisotopic (exact) mass is 665 g/mol. The second-order valence-corrected chi connectivity index (χ2v) is 16.9. The number of phenolic OH excluding ortho intramolecular Hbond substituents is 1. The number of aromatic nitrogens is 3. The fourth-order valence-corrected chi connectivity index (χ4v) is 7.17. The molecule has 1 aromatic carbocycles. The van der Waals surface area contributed by atoms with Crippen LogP contribution in [0.2, 0.25) is 0 Å². The number of nitrogens with one attached hydrogen (secondary N) is 1. The Hall–Kier alpha value is -2.17. The SMILES string of the molecule is CCCCCCCCC(CCCCCC)CC(CCCCCCCC)Cc1ncnc(Nc2cc(C(C)(C)C)c(O)c(C(C)(C)C)c2)n1. The zero-order valence-electron chi connectivity index (χ0n) is 33.0. The summed E-state index contributed by atoms with van der Waals surface area (Å²) in [7, 11) is 0. The number of rotatable bonds is 25. The molecule has 2 unspecified atom stereocenters. The van der Waals surface area contributed by atoms with Crippen molar-refractivity contribution in [2.24, 2.45) is 11.8 Å². The van der Waals surface area contributed by atoms with Crippen molar-refractivity contribution >= 4 is 11.6 Å². The maximum Gasteiger partial charge on any atom is 0.230 e. The van der Waals surface area contributed by atoms with Gasteiger partial charge in [0.05, 0.1) is 0 Å². The number of aromatic hydroxyl groups is 1. The number of nitrogens with zero attached hydrogens (tertiary/aromatic N) is 3. The van der Waals surface area contributed by atoms with E-state index in [0.717, 1.165) is 35.0 Å². The van der Waals surface area contributed by atoms with Gasteiger partial charge in [-0.15, -0.1) is 0 Å². The summed E-state index contributed by atoms with van der Waals surface area (Å²) in [6.07, 6.45) is 29.6. The first-order chi connectivity index (χ1) is 22.9. The lowest BCUT2D eigenvalue weighted by atomic mass is 9.79. The molecule has 2 atom stereocenters. The number of hydrogen-bond acceptors (Lipinski definition) is 5. The predicted molar refractivity (Wildman–Crippen MR) is 209 cm³/mol. The van der Waals surface area contributed by atoms with E-state index in [9.17, 15) is 5.11 Å². The topological polar surface area (TPSA) is 70.9 Å². The highest BCUT2D eigenvalue weighted by atomic mass is 16.3. The summed E-state index contributed by atoms with van der Waals surface area (Å²) < 4.78 is 0. The average molecular weight is 665 g/mol. The molecular formula is C43H76N4O. The first-order valence-electron chi connectivity index (χ1n) is 20.2. The summed E-state index contributed by atoms with van der Waals surface area (Å²) in [6, 6.07) is 4.11. The third-order valence-corrected chi connectivity index (χ3v) is 10.1. The molecule has 2 N–H and O–H groups in total. The zero-order chi connectivity index (χ0) is 35.4. The molecule has 5 heteroatoms. The highest BCUT2D eigenvalue weighted by molar-refractivity contribution is 5.62. The third kappa shape index (κ3) is 16.5. The summed E-state index contributed by atoms with van der Waals surface area (Å²) >= 11 is 0. The van der Waals surface area contributed by atoms with Gasteiger partial charge >= 0.3 is 0 Å². The summed E-state index contributed by atoms with van der Waals surface area (Å²) in [6.45, 7) is 19.8. The van der Waals surface area contributed by atoms with E-state index in [4.69, 9.17) is 9.97 Å². The van der Waals surface area contributed by atoms with Gasteiger partial charge in [0.1, 0.15) is 17.9 Å². The molecule has 0 amide bonds. The van der Waals surface area contributed by atoms with Crippen molar-refractivity contribution in [1.82, 2.24) is 15.0 Å². The van der Waals surface area contributed by atoms with Gasteiger partial charge in [-0.2, -0.15) is 4.98 Å². The van der Waals surface area contributed by atoms with Crippen LogP contribution in [-0.4, -0.2) is 20.1 Å². The summed E-state index contributed by atoms with van der Waals surface area (Å²) in [5.74, 6) is 3.29. The van der Waals surface area contributed by atoms with E-state index in [1.165, 1.54) is 128 Å². The van der Waals surface area contributed by atoms with Gasteiger partial charge in [0.15, 0.2) is 0 Å². The lowest BCUT2D eigenvalue weighted by Crippen LogP contribution is -2.18. The highest BCUT2D eigenvalue weighted by Gasteiger charge is 2.27. The van der Waals surface area contributed by atoms with Crippen molar-refractivity contribution in [3.8, 4) is 5.75 Å². The molecule has 0 fully saturated rings. The quantitative estimate of drug-likeness (QED) is 0.0816. The molecule has 1 heterocycles. The minimum atomic E-state index is -0.196. The van der Waals surface area contributed by atoms with Gasteiger partial charge < -0.3 is 10.4 Å². The fraction of sp³-hybridized carbons (Fsp3) is 0.791. The maximum absolute atomic E-state index is 11.2. The molecule has 0 aliphatic rings. The number of anilines is 2. The Kier molecular flexibility index (Phi) is 19.7. The molecular weight excluding hydrogens is 589 g/mol. The normalized spacial score (nSPS) is 13.5. The third-order valence-electron chi connectivity index (χ3n) is 10.1. The standard InChI is InChI=1S/C43H76N4O/c1-10-13-16-19-21-24-27-34(26-23-18-15-12-3)29-35(28-25-22-20-17-14-11-2)30-39-44-33-45-41(47-39)46-36-31-37(42(4,5)6)40(48)38(32-36)43(7,8)9/h31-35,48H,10-30H2,1-9H3,(H,44,45,46,47). The molecule has 48 heavy (non-hydrogen) atoms. The largest absolute Gasteiger partial charge is 0.507 e. The van der Waals surface area contributed by atoms with Crippen molar-refractivity contribution < 1.29 is 5.11 Å². The Bertz CT molecular complexity index is 1100. The second-order valence-electron chi connectivity index (χ2n) is 16.9. The molecule has 0 bridgehead atoms. The molecule has 0 saturated heterocycles. The van der Waals surface area contributed by atoms with Gasteiger partial charge in [0.25, 0.3) is 0 Å². The molecule has 5 nitrogen and oxygen atoms in total. The zero-order valence-corrected chi connectivity index (χ0v) is 33.0. The van der Waals surface area contributed by atoms with Crippen molar-refractivity contribution in [3.63, 3.8) is 0 Å². The van der Waals surface area contributed by atoms with E-state index >= 15 is 0 Å². The summed E-state index contributed by atoms with van der Waals surface area (Å²) in [5.41, 5.74) is 2.38. The number of unbranched alkanes of at least 4 members (excludes halogenated alkanes) is 13. The molecule has 0 spiro atoms. The van der Waals surface area contributed by atoms with E-state index in [1.807, 2.05) is 0 Å². The molecule has 1 aromatic heterocycles. The van der Waals surface area contributed by atoms with Crippen LogP contribution < -0.4 is 5.32 Å². The first-order valence-corrected chi connectivity index (χ1v) is 20.2. The van der Waals surface area contributed by atoms with Crippen LogP contribution in [0.5, 0.6) is 5.75 Å². The second kappa shape index (κ2) is 22.5. The van der Waals surface area contributed by atoms with Gasteiger partial charge in [0, 0.05) is 23.2 Å². The van der Waals surface area contributed by atoms with E-state index in [1.54, 1.807) is 6.33 Å². The van der Waals surface area contributed by atoms with Gasteiger partial charge in [0.2, 0.25) is 5.95 Å². The van der Waals surface area contributed by atoms with Crippen LogP contribution >= 0.6 is 0 Å². The molecule has 0 radical (unpaired) electrons. The Morgan fingerprint density at radius 3 is 1.52 bits per heavy atom. The van der Waals surface area contributed by atoms with Gasteiger partial charge in [-0.3, -0.25) is 0 Å². The smallest absolute Gasteiger partial charge is 0.230 e. The Balaban J connectivity index is 2.24. The lowest BCUT2D eigenvalue weighted by Gasteiger charge is -2.28. The van der Waals surface area contributed by atoms with Crippen LogP contribution in [0.15, 0.2) is 18.5 Å². The van der Waals surface area contributed by atoms with E-state index in [-0.39, 0.29) is 10.8 Å². The van der Waals surface area contributed by atoms with Crippen molar-refractivity contribution in [2.75, 3.05) is 5.32 Å². The minimum absolute atomic E-state index is 0.196. The predicted octanol–water partition coefficient (Wildman–Crippen LogP) is 13.6. The number of benzene rings is 1. The lowest BCUT2D eigenvalue weighted by molar-refractivity contribution is 0.295. The van der Waals surface area contributed by atoms with Gasteiger partial charge in [-0.1, -0.05) is 184 Å². The minimum Gasteiger partial charge on any atom is -0.507 e. The molecule has 0 aliphatic carbocycles. The Morgan fingerprint density at radius 2 is 1.04 bits per heavy atom. The first kappa shape index (κ1) is 42.0. The van der Waals surface area contributed by atoms with Crippen molar-refractivity contribution in [3.05, 3.63) is 35.4 Å². The molecule has 0 saturated carbocycles. The summed E-state index contributed by atoms with van der Waals surface area (Å²) in [4.78, 5) is 14.2.